The third-order valence-electron chi connectivity index (χ3n) is 4.81. The minimum absolute atomic E-state index is 0.110. The van der Waals surface area contributed by atoms with Gasteiger partial charge in [0.2, 0.25) is 0 Å². The lowest BCUT2D eigenvalue weighted by Gasteiger charge is -2.18. The Morgan fingerprint density at radius 1 is 1.22 bits per heavy atom. The molecule has 1 aromatic carbocycles. The molecule has 3 rings (SSSR count). The van der Waals surface area contributed by atoms with Crippen LogP contribution in [0.1, 0.15) is 50.9 Å². The standard InChI is InChI=1S/C21H26N2O3S/c1-14-9-10-16-17(13-14)27-21(18(16)20(25)22-11-6-12-26-2)23-19(24)15-7-4-3-5-8-15/h3-5,7-8,14H,6,9-13H2,1-2H3,(H,22,25)(H,23,24)/t14-/m1/s1. The highest BCUT2D eigenvalue weighted by Gasteiger charge is 2.28. The molecule has 0 bridgehead atoms. The number of hydrogen-bond acceptors (Lipinski definition) is 4. The van der Waals surface area contributed by atoms with Crippen LogP contribution in [0.2, 0.25) is 0 Å². The Bertz CT molecular complexity index is 801. The van der Waals surface area contributed by atoms with Crippen molar-refractivity contribution in [1.29, 1.82) is 0 Å². The van der Waals surface area contributed by atoms with Gasteiger partial charge in [-0.05, 0) is 49.3 Å². The molecule has 0 saturated heterocycles. The number of carbonyl (C=O) groups excluding carboxylic acids is 2. The number of rotatable bonds is 7. The highest BCUT2D eigenvalue weighted by atomic mass is 32.1. The lowest BCUT2D eigenvalue weighted by atomic mass is 9.88. The zero-order chi connectivity index (χ0) is 19.2. The minimum atomic E-state index is -0.185. The Kier molecular flexibility index (Phi) is 6.63. The molecule has 1 aliphatic rings. The summed E-state index contributed by atoms with van der Waals surface area (Å²) < 4.78 is 5.04. The van der Waals surface area contributed by atoms with Crippen LogP contribution in [-0.4, -0.2) is 32.1 Å². The van der Waals surface area contributed by atoms with Crippen molar-refractivity contribution in [2.45, 2.75) is 32.6 Å². The average Bonchev–Trinajstić information content (AvgIpc) is 3.02. The minimum Gasteiger partial charge on any atom is -0.385 e. The summed E-state index contributed by atoms with van der Waals surface area (Å²) in [6.45, 7) is 3.40. The van der Waals surface area contributed by atoms with Gasteiger partial charge in [0.05, 0.1) is 5.56 Å². The third kappa shape index (κ3) is 4.76. The van der Waals surface area contributed by atoms with Crippen molar-refractivity contribution in [1.82, 2.24) is 5.32 Å². The van der Waals surface area contributed by atoms with Crippen LogP contribution in [0.25, 0.3) is 0 Å². The maximum Gasteiger partial charge on any atom is 0.256 e. The maximum absolute atomic E-state index is 12.9. The summed E-state index contributed by atoms with van der Waals surface area (Å²) in [7, 11) is 1.65. The first kappa shape index (κ1) is 19.6. The van der Waals surface area contributed by atoms with Gasteiger partial charge in [0, 0.05) is 30.7 Å². The second-order valence-corrected chi connectivity index (χ2v) is 8.08. The van der Waals surface area contributed by atoms with Gasteiger partial charge < -0.3 is 15.4 Å². The smallest absolute Gasteiger partial charge is 0.256 e. The highest BCUT2D eigenvalue weighted by Crippen LogP contribution is 2.39. The molecule has 6 heteroatoms. The van der Waals surface area contributed by atoms with Gasteiger partial charge in [-0.15, -0.1) is 11.3 Å². The van der Waals surface area contributed by atoms with Gasteiger partial charge >= 0.3 is 0 Å². The van der Waals surface area contributed by atoms with Crippen LogP contribution in [0.15, 0.2) is 30.3 Å². The molecular weight excluding hydrogens is 360 g/mol. The highest BCUT2D eigenvalue weighted by molar-refractivity contribution is 7.17. The first-order chi connectivity index (χ1) is 13.1. The van der Waals surface area contributed by atoms with E-state index in [2.05, 4.69) is 17.6 Å². The van der Waals surface area contributed by atoms with E-state index in [1.807, 2.05) is 18.2 Å². The number of hydrogen-bond donors (Lipinski definition) is 2. The summed E-state index contributed by atoms with van der Waals surface area (Å²) in [5, 5.41) is 6.61. The zero-order valence-corrected chi connectivity index (χ0v) is 16.7. The molecule has 0 aliphatic heterocycles. The van der Waals surface area contributed by atoms with Gasteiger partial charge in [-0.25, -0.2) is 0 Å². The van der Waals surface area contributed by atoms with E-state index in [1.54, 1.807) is 30.6 Å². The molecule has 1 aromatic heterocycles. The summed E-state index contributed by atoms with van der Waals surface area (Å²) >= 11 is 1.54. The molecule has 27 heavy (non-hydrogen) atoms. The molecule has 0 spiro atoms. The first-order valence-electron chi connectivity index (χ1n) is 9.38. The van der Waals surface area contributed by atoms with Crippen molar-refractivity contribution in [3.05, 3.63) is 51.9 Å². The van der Waals surface area contributed by atoms with Gasteiger partial charge in [0.15, 0.2) is 0 Å². The number of nitrogens with one attached hydrogen (secondary N) is 2. The Hall–Kier alpha value is -2.18. The molecule has 0 fully saturated rings. The second-order valence-electron chi connectivity index (χ2n) is 6.98. The molecule has 2 N–H and O–H groups in total. The predicted octanol–water partition coefficient (Wildman–Crippen LogP) is 3.89. The maximum atomic E-state index is 12.9. The van der Waals surface area contributed by atoms with Crippen LogP contribution in [0.5, 0.6) is 0 Å². The van der Waals surface area contributed by atoms with Gasteiger partial charge in [-0.1, -0.05) is 25.1 Å². The fourth-order valence-corrected chi connectivity index (χ4v) is 4.75. The number of thiophene rings is 1. The van der Waals surface area contributed by atoms with E-state index in [9.17, 15) is 9.59 Å². The van der Waals surface area contributed by atoms with E-state index in [0.29, 0.717) is 35.2 Å². The SMILES string of the molecule is COCCCNC(=O)c1c(NC(=O)c2ccccc2)sc2c1CC[C@@H](C)C2. The molecule has 2 amide bonds. The molecule has 1 aliphatic carbocycles. The van der Waals surface area contributed by atoms with Crippen LogP contribution in [0.4, 0.5) is 5.00 Å². The second kappa shape index (κ2) is 9.15. The first-order valence-corrected chi connectivity index (χ1v) is 10.2. The monoisotopic (exact) mass is 386 g/mol. The van der Waals surface area contributed by atoms with Crippen molar-refractivity contribution in [2.75, 3.05) is 25.6 Å². The van der Waals surface area contributed by atoms with Crippen LogP contribution in [0.3, 0.4) is 0 Å². The quantitative estimate of drug-likeness (QED) is 0.710. The lowest BCUT2D eigenvalue weighted by Crippen LogP contribution is -2.27. The van der Waals surface area contributed by atoms with Crippen LogP contribution in [0, 0.1) is 5.92 Å². The summed E-state index contributed by atoms with van der Waals surface area (Å²) in [6, 6.07) is 9.09. The largest absolute Gasteiger partial charge is 0.385 e. The molecule has 2 aromatic rings. The van der Waals surface area contributed by atoms with Crippen LogP contribution < -0.4 is 10.6 Å². The molecule has 1 heterocycles. The number of fused-ring (bicyclic) bond motifs is 1. The molecular formula is C21H26N2O3S. The fraction of sp³-hybridized carbons (Fsp3) is 0.429. The third-order valence-corrected chi connectivity index (χ3v) is 5.98. The van der Waals surface area contributed by atoms with Crippen molar-refractivity contribution in [3.63, 3.8) is 0 Å². The molecule has 0 unspecified atom stereocenters. The van der Waals surface area contributed by atoms with Crippen LogP contribution in [-0.2, 0) is 17.6 Å². The van der Waals surface area contributed by atoms with Crippen molar-refractivity contribution >= 4 is 28.2 Å². The average molecular weight is 387 g/mol. The predicted molar refractivity (Wildman–Crippen MR) is 109 cm³/mol. The number of carbonyl (C=O) groups is 2. The Morgan fingerprint density at radius 3 is 2.74 bits per heavy atom. The topological polar surface area (TPSA) is 67.4 Å². The Balaban J connectivity index is 1.83. The van der Waals surface area contributed by atoms with Crippen molar-refractivity contribution < 1.29 is 14.3 Å². The van der Waals surface area contributed by atoms with E-state index in [0.717, 1.165) is 31.2 Å². The number of benzene rings is 1. The molecule has 144 valence electrons. The van der Waals surface area contributed by atoms with E-state index in [1.165, 1.54) is 4.88 Å². The van der Waals surface area contributed by atoms with Gasteiger partial charge in [-0.3, -0.25) is 9.59 Å². The number of ether oxygens (including phenoxy) is 1. The van der Waals surface area contributed by atoms with E-state index in [4.69, 9.17) is 4.74 Å². The van der Waals surface area contributed by atoms with E-state index in [-0.39, 0.29) is 11.8 Å². The Labute approximate surface area is 164 Å². The van der Waals surface area contributed by atoms with Gasteiger partial charge in [-0.2, -0.15) is 0 Å². The van der Waals surface area contributed by atoms with E-state index < -0.39 is 0 Å². The zero-order valence-electron chi connectivity index (χ0n) is 15.8. The van der Waals surface area contributed by atoms with Gasteiger partial charge in [0.1, 0.15) is 5.00 Å². The summed E-state index contributed by atoms with van der Waals surface area (Å²) in [4.78, 5) is 26.7. The normalized spacial score (nSPS) is 15.9. The summed E-state index contributed by atoms with van der Waals surface area (Å²) in [5.74, 6) is 0.309. The van der Waals surface area contributed by atoms with E-state index >= 15 is 0 Å². The molecule has 5 nitrogen and oxygen atoms in total. The van der Waals surface area contributed by atoms with Crippen LogP contribution >= 0.6 is 11.3 Å². The van der Waals surface area contributed by atoms with Gasteiger partial charge in [0.25, 0.3) is 11.8 Å². The molecule has 1 atom stereocenters. The molecule has 0 saturated carbocycles. The van der Waals surface area contributed by atoms with Crippen molar-refractivity contribution in [3.8, 4) is 0 Å². The fourth-order valence-electron chi connectivity index (χ4n) is 3.35. The summed E-state index contributed by atoms with van der Waals surface area (Å²) in [5.41, 5.74) is 2.33. The number of amides is 2. The number of anilines is 1. The number of methoxy groups -OCH3 is 1. The van der Waals surface area contributed by atoms with Crippen molar-refractivity contribution in [2.24, 2.45) is 5.92 Å². The Morgan fingerprint density at radius 2 is 2.00 bits per heavy atom. The summed E-state index contributed by atoms with van der Waals surface area (Å²) in [6.07, 6.45) is 3.68. The molecule has 0 radical (unpaired) electrons. The lowest BCUT2D eigenvalue weighted by molar-refractivity contribution is 0.0948.